The summed E-state index contributed by atoms with van der Waals surface area (Å²) in [5.41, 5.74) is 7.61. The molecular weight excluding hydrogens is 226 g/mol. The Morgan fingerprint density at radius 2 is 1.78 bits per heavy atom. The van der Waals surface area contributed by atoms with Gasteiger partial charge in [0.25, 0.3) is 0 Å². The molecule has 1 atom stereocenters. The number of ether oxygens (including phenoxy) is 2. The molecule has 0 aliphatic rings. The third kappa shape index (κ3) is 3.39. The molecule has 2 N–H and O–H groups in total. The Morgan fingerprint density at radius 3 is 2.28 bits per heavy atom. The van der Waals surface area contributed by atoms with Gasteiger partial charge in [0.15, 0.2) is 11.5 Å². The first-order valence-corrected chi connectivity index (χ1v) is 6.41. The van der Waals surface area contributed by atoms with Crippen LogP contribution in [-0.4, -0.2) is 20.3 Å². The van der Waals surface area contributed by atoms with Gasteiger partial charge in [0, 0.05) is 6.04 Å². The molecule has 0 amide bonds. The van der Waals surface area contributed by atoms with Crippen molar-refractivity contribution in [2.24, 2.45) is 11.1 Å². The number of methoxy groups -OCH3 is 2. The van der Waals surface area contributed by atoms with E-state index >= 15 is 0 Å². The van der Waals surface area contributed by atoms with E-state index in [2.05, 4.69) is 20.8 Å². The molecule has 1 rings (SSSR count). The van der Waals surface area contributed by atoms with E-state index in [1.165, 1.54) is 5.56 Å². The van der Waals surface area contributed by atoms with E-state index < -0.39 is 0 Å². The van der Waals surface area contributed by atoms with Crippen LogP contribution in [0.1, 0.15) is 32.8 Å². The van der Waals surface area contributed by atoms with Crippen molar-refractivity contribution in [2.75, 3.05) is 14.2 Å². The van der Waals surface area contributed by atoms with Crippen molar-refractivity contribution in [3.8, 4) is 11.5 Å². The highest BCUT2D eigenvalue weighted by molar-refractivity contribution is 5.43. The molecule has 0 saturated heterocycles. The molecule has 3 heteroatoms. The van der Waals surface area contributed by atoms with Crippen molar-refractivity contribution in [1.82, 2.24) is 0 Å². The molecule has 102 valence electrons. The molecule has 1 aromatic rings. The molecule has 0 spiro atoms. The van der Waals surface area contributed by atoms with E-state index in [9.17, 15) is 0 Å². The lowest BCUT2D eigenvalue weighted by atomic mass is 9.79. The Bertz CT molecular complexity index is 388. The number of rotatable bonds is 6. The molecule has 0 fully saturated rings. The number of hydrogen-bond acceptors (Lipinski definition) is 3. The maximum absolute atomic E-state index is 6.28. The average molecular weight is 251 g/mol. The van der Waals surface area contributed by atoms with Gasteiger partial charge in [-0.3, -0.25) is 0 Å². The predicted molar refractivity (Wildman–Crippen MR) is 75.3 cm³/mol. The SMILES string of the molecule is CCC(C)(C)C(N)Cc1ccc(OC)c(OC)c1. The zero-order valence-electron chi connectivity index (χ0n) is 12.1. The van der Waals surface area contributed by atoms with E-state index in [0.29, 0.717) is 0 Å². The van der Waals surface area contributed by atoms with Crippen molar-refractivity contribution in [2.45, 2.75) is 39.7 Å². The summed E-state index contributed by atoms with van der Waals surface area (Å²) in [5, 5.41) is 0. The molecule has 1 aromatic carbocycles. The van der Waals surface area contributed by atoms with Crippen molar-refractivity contribution in [3.05, 3.63) is 23.8 Å². The Morgan fingerprint density at radius 1 is 1.17 bits per heavy atom. The van der Waals surface area contributed by atoms with E-state index in [4.69, 9.17) is 15.2 Å². The molecule has 0 aliphatic heterocycles. The first-order chi connectivity index (χ1) is 8.44. The molecule has 0 heterocycles. The molecule has 3 nitrogen and oxygen atoms in total. The second-order valence-electron chi connectivity index (χ2n) is 5.34. The van der Waals surface area contributed by atoms with E-state index in [1.54, 1.807) is 14.2 Å². The molecule has 0 saturated carbocycles. The molecule has 0 aromatic heterocycles. The summed E-state index contributed by atoms with van der Waals surface area (Å²) < 4.78 is 10.5. The summed E-state index contributed by atoms with van der Waals surface area (Å²) in [4.78, 5) is 0. The lowest BCUT2D eigenvalue weighted by Crippen LogP contribution is -2.38. The average Bonchev–Trinajstić information content (AvgIpc) is 2.38. The van der Waals surface area contributed by atoms with E-state index in [-0.39, 0.29) is 11.5 Å². The van der Waals surface area contributed by atoms with Crippen LogP contribution in [0.2, 0.25) is 0 Å². The largest absolute Gasteiger partial charge is 0.493 e. The van der Waals surface area contributed by atoms with Crippen LogP contribution in [0.3, 0.4) is 0 Å². The number of benzene rings is 1. The van der Waals surface area contributed by atoms with Crippen LogP contribution in [0.25, 0.3) is 0 Å². The molecule has 18 heavy (non-hydrogen) atoms. The van der Waals surface area contributed by atoms with Gasteiger partial charge >= 0.3 is 0 Å². The second kappa shape index (κ2) is 6.10. The van der Waals surface area contributed by atoms with Crippen LogP contribution in [0.15, 0.2) is 18.2 Å². The zero-order chi connectivity index (χ0) is 13.8. The quantitative estimate of drug-likeness (QED) is 0.845. The third-order valence-electron chi connectivity index (χ3n) is 3.82. The summed E-state index contributed by atoms with van der Waals surface area (Å²) in [6, 6.07) is 6.12. The van der Waals surface area contributed by atoms with Crippen LogP contribution in [0.5, 0.6) is 11.5 Å². The highest BCUT2D eigenvalue weighted by Crippen LogP contribution is 2.30. The number of hydrogen-bond donors (Lipinski definition) is 1. The van der Waals surface area contributed by atoms with E-state index in [0.717, 1.165) is 24.3 Å². The van der Waals surface area contributed by atoms with Crippen molar-refractivity contribution >= 4 is 0 Å². The molecule has 1 unspecified atom stereocenters. The van der Waals surface area contributed by atoms with Crippen molar-refractivity contribution < 1.29 is 9.47 Å². The summed E-state index contributed by atoms with van der Waals surface area (Å²) >= 11 is 0. The smallest absolute Gasteiger partial charge is 0.160 e. The Kier molecular flexibility index (Phi) is 5.03. The lowest BCUT2D eigenvalue weighted by Gasteiger charge is -2.30. The van der Waals surface area contributed by atoms with Crippen LogP contribution < -0.4 is 15.2 Å². The van der Waals surface area contributed by atoms with E-state index in [1.807, 2.05) is 18.2 Å². The first-order valence-electron chi connectivity index (χ1n) is 6.41. The van der Waals surface area contributed by atoms with Crippen molar-refractivity contribution in [1.29, 1.82) is 0 Å². The summed E-state index contributed by atoms with van der Waals surface area (Å²) in [7, 11) is 3.29. The van der Waals surface area contributed by atoms with Gasteiger partial charge in [-0.15, -0.1) is 0 Å². The Hall–Kier alpha value is -1.22. The van der Waals surface area contributed by atoms with Crippen molar-refractivity contribution in [3.63, 3.8) is 0 Å². The minimum atomic E-state index is 0.139. The summed E-state index contributed by atoms with van der Waals surface area (Å²) in [5.74, 6) is 1.51. The molecule has 0 bridgehead atoms. The van der Waals surface area contributed by atoms with Gasteiger partial charge in [-0.2, -0.15) is 0 Å². The van der Waals surface area contributed by atoms with Gasteiger partial charge < -0.3 is 15.2 Å². The molecule has 0 radical (unpaired) electrons. The standard InChI is InChI=1S/C15H25NO2/c1-6-15(2,3)14(16)10-11-7-8-12(17-4)13(9-11)18-5/h7-9,14H,6,10,16H2,1-5H3. The Labute approximate surface area is 110 Å². The van der Waals surface area contributed by atoms with Gasteiger partial charge in [0.2, 0.25) is 0 Å². The second-order valence-corrected chi connectivity index (χ2v) is 5.34. The normalized spacial score (nSPS) is 13.2. The highest BCUT2D eigenvalue weighted by Gasteiger charge is 2.24. The van der Waals surface area contributed by atoms with Gasteiger partial charge in [-0.05, 0) is 36.0 Å². The zero-order valence-corrected chi connectivity index (χ0v) is 12.1. The fraction of sp³-hybridized carbons (Fsp3) is 0.600. The molecule has 0 aliphatic carbocycles. The van der Waals surface area contributed by atoms with Crippen LogP contribution in [0, 0.1) is 5.41 Å². The minimum Gasteiger partial charge on any atom is -0.493 e. The minimum absolute atomic E-state index is 0.139. The summed E-state index contributed by atoms with van der Waals surface area (Å²) in [6.07, 6.45) is 1.92. The maximum atomic E-state index is 6.28. The van der Waals surface area contributed by atoms with Crippen LogP contribution >= 0.6 is 0 Å². The van der Waals surface area contributed by atoms with Gasteiger partial charge in [0.05, 0.1) is 14.2 Å². The topological polar surface area (TPSA) is 44.5 Å². The van der Waals surface area contributed by atoms with Crippen LogP contribution in [-0.2, 0) is 6.42 Å². The Balaban J connectivity index is 2.86. The fourth-order valence-electron chi connectivity index (χ4n) is 1.80. The fourth-order valence-corrected chi connectivity index (χ4v) is 1.80. The van der Waals surface area contributed by atoms with Gasteiger partial charge in [-0.25, -0.2) is 0 Å². The summed E-state index contributed by atoms with van der Waals surface area (Å²) in [6.45, 7) is 6.59. The van der Waals surface area contributed by atoms with Crippen LogP contribution in [0.4, 0.5) is 0 Å². The highest BCUT2D eigenvalue weighted by atomic mass is 16.5. The number of nitrogens with two attached hydrogens (primary N) is 1. The maximum Gasteiger partial charge on any atom is 0.160 e. The first kappa shape index (κ1) is 14.8. The molecular formula is C15H25NO2. The monoisotopic (exact) mass is 251 g/mol. The predicted octanol–water partition coefficient (Wildman–Crippen LogP) is 3.01. The lowest BCUT2D eigenvalue weighted by molar-refractivity contribution is 0.272. The van der Waals surface area contributed by atoms with Gasteiger partial charge in [0.1, 0.15) is 0 Å². The third-order valence-corrected chi connectivity index (χ3v) is 3.82. The van der Waals surface area contributed by atoms with Gasteiger partial charge in [-0.1, -0.05) is 26.8 Å².